The molecule has 1 aromatic heterocycles. The van der Waals surface area contributed by atoms with Gasteiger partial charge < -0.3 is 5.32 Å². The van der Waals surface area contributed by atoms with E-state index >= 15 is 0 Å². The molecule has 1 N–H and O–H groups in total. The van der Waals surface area contributed by atoms with Crippen LogP contribution in [0.5, 0.6) is 0 Å². The van der Waals surface area contributed by atoms with Gasteiger partial charge in [0.05, 0.1) is 4.90 Å². The molecule has 0 unspecified atom stereocenters. The van der Waals surface area contributed by atoms with Crippen LogP contribution in [-0.2, 0) is 27.8 Å². The summed E-state index contributed by atoms with van der Waals surface area (Å²) in [5, 5.41) is 2.82. The van der Waals surface area contributed by atoms with Gasteiger partial charge in [0.1, 0.15) is 0 Å². The van der Waals surface area contributed by atoms with Crippen LogP contribution in [-0.4, -0.2) is 31.7 Å². The number of sulfonamides is 1. The predicted octanol–water partition coefficient (Wildman–Crippen LogP) is 2.74. The predicted molar refractivity (Wildman–Crippen MR) is 108 cm³/mol. The largest absolute Gasteiger partial charge is 0.321 e. The maximum Gasteiger partial charge on any atom is 0.290 e. The highest BCUT2D eigenvalue weighted by Crippen LogP contribution is 2.21. The lowest BCUT2D eigenvalue weighted by Gasteiger charge is -2.25. The summed E-state index contributed by atoms with van der Waals surface area (Å²) < 4.78 is 28.7. The number of nitrogens with one attached hydrogen (secondary N) is 1. The van der Waals surface area contributed by atoms with Gasteiger partial charge in [-0.2, -0.15) is 8.87 Å². The number of rotatable bonds is 7. The first-order valence-corrected chi connectivity index (χ1v) is 11.3. The van der Waals surface area contributed by atoms with Gasteiger partial charge in [-0.25, -0.2) is 8.42 Å². The molecule has 0 saturated carbocycles. The molecule has 28 heavy (non-hydrogen) atoms. The monoisotopic (exact) mass is 402 g/mol. The van der Waals surface area contributed by atoms with Crippen LogP contribution in [0.25, 0.3) is 0 Å². The van der Waals surface area contributed by atoms with E-state index in [1.54, 1.807) is 28.6 Å². The lowest BCUT2D eigenvalue weighted by atomic mass is 10.2. The molecule has 1 aliphatic heterocycles. The SMILES string of the molecule is CCCc1cc[n+](CC(=O)Nc2ccc(S(=O)(=O)N3CCCCC3)cc2)cc1. The molecule has 0 bridgehead atoms. The number of aryl methyl sites for hydroxylation is 1. The van der Waals surface area contributed by atoms with Gasteiger partial charge in [-0.3, -0.25) is 4.79 Å². The Morgan fingerprint density at radius 3 is 2.29 bits per heavy atom. The van der Waals surface area contributed by atoms with Crippen molar-refractivity contribution >= 4 is 21.6 Å². The molecule has 7 heteroatoms. The molecular weight excluding hydrogens is 374 g/mol. The van der Waals surface area contributed by atoms with Crippen molar-refractivity contribution in [1.82, 2.24) is 4.31 Å². The Morgan fingerprint density at radius 1 is 1.04 bits per heavy atom. The summed E-state index contributed by atoms with van der Waals surface area (Å²) in [5.74, 6) is -0.153. The topological polar surface area (TPSA) is 70.4 Å². The lowest BCUT2D eigenvalue weighted by molar-refractivity contribution is -0.684. The fourth-order valence-electron chi connectivity index (χ4n) is 3.38. The van der Waals surface area contributed by atoms with Crippen molar-refractivity contribution in [2.75, 3.05) is 18.4 Å². The molecule has 1 aromatic carbocycles. The van der Waals surface area contributed by atoms with Gasteiger partial charge in [0.25, 0.3) is 5.91 Å². The van der Waals surface area contributed by atoms with Gasteiger partial charge in [0, 0.05) is 30.9 Å². The van der Waals surface area contributed by atoms with E-state index < -0.39 is 10.0 Å². The Balaban J connectivity index is 1.59. The van der Waals surface area contributed by atoms with Gasteiger partial charge in [-0.05, 0) is 49.1 Å². The molecule has 150 valence electrons. The number of aromatic nitrogens is 1. The summed E-state index contributed by atoms with van der Waals surface area (Å²) in [7, 11) is -3.45. The summed E-state index contributed by atoms with van der Waals surface area (Å²) >= 11 is 0. The van der Waals surface area contributed by atoms with Gasteiger partial charge in [0.2, 0.25) is 16.6 Å². The lowest BCUT2D eigenvalue weighted by Crippen LogP contribution is -2.39. The minimum absolute atomic E-state index is 0.153. The van der Waals surface area contributed by atoms with E-state index in [0.29, 0.717) is 18.8 Å². The Kier molecular flexibility index (Phi) is 6.80. The number of carbonyl (C=O) groups excluding carboxylic acids is 1. The number of hydrogen-bond acceptors (Lipinski definition) is 3. The quantitative estimate of drug-likeness (QED) is 0.724. The molecule has 2 heterocycles. The van der Waals surface area contributed by atoms with Crippen LogP contribution >= 0.6 is 0 Å². The first-order valence-electron chi connectivity index (χ1n) is 9.87. The molecule has 0 spiro atoms. The smallest absolute Gasteiger partial charge is 0.290 e. The number of piperidine rings is 1. The summed E-state index contributed by atoms with van der Waals surface area (Å²) in [6.07, 6.45) is 8.82. The van der Waals surface area contributed by atoms with Crippen molar-refractivity contribution in [2.24, 2.45) is 0 Å². The van der Waals surface area contributed by atoms with Crippen LogP contribution < -0.4 is 9.88 Å². The molecule has 0 aliphatic carbocycles. The molecule has 0 atom stereocenters. The number of amides is 1. The second-order valence-corrected chi connectivity index (χ2v) is 9.10. The van der Waals surface area contributed by atoms with Crippen molar-refractivity contribution in [1.29, 1.82) is 0 Å². The average molecular weight is 403 g/mol. The summed E-state index contributed by atoms with van der Waals surface area (Å²) in [6.45, 7) is 3.50. The van der Waals surface area contributed by atoms with Gasteiger partial charge >= 0.3 is 0 Å². The van der Waals surface area contributed by atoms with Crippen molar-refractivity contribution in [3.8, 4) is 0 Å². The highest BCUT2D eigenvalue weighted by molar-refractivity contribution is 7.89. The third-order valence-electron chi connectivity index (χ3n) is 4.92. The van der Waals surface area contributed by atoms with Crippen LogP contribution in [0.15, 0.2) is 53.7 Å². The highest BCUT2D eigenvalue weighted by Gasteiger charge is 2.25. The first kappa shape index (κ1) is 20.5. The number of hydrogen-bond donors (Lipinski definition) is 1. The summed E-state index contributed by atoms with van der Waals surface area (Å²) in [6, 6.07) is 10.5. The molecule has 1 amide bonds. The van der Waals surface area contributed by atoms with Crippen molar-refractivity contribution < 1.29 is 17.8 Å². The molecule has 3 rings (SSSR count). The van der Waals surface area contributed by atoms with Gasteiger partial charge in [0.15, 0.2) is 12.4 Å². The Morgan fingerprint density at radius 2 is 1.68 bits per heavy atom. The molecule has 1 saturated heterocycles. The number of benzene rings is 1. The van der Waals surface area contributed by atoms with Crippen LogP contribution in [0.1, 0.15) is 38.2 Å². The molecular formula is C21H28N3O3S+. The molecule has 1 aliphatic rings. The summed E-state index contributed by atoms with van der Waals surface area (Å²) in [5.41, 5.74) is 1.84. The van der Waals surface area contributed by atoms with Crippen LogP contribution in [0.3, 0.4) is 0 Å². The molecule has 0 radical (unpaired) electrons. The van der Waals surface area contributed by atoms with E-state index in [1.165, 1.54) is 5.56 Å². The third-order valence-corrected chi connectivity index (χ3v) is 6.83. The van der Waals surface area contributed by atoms with E-state index in [-0.39, 0.29) is 17.3 Å². The fourth-order valence-corrected chi connectivity index (χ4v) is 4.90. The van der Waals surface area contributed by atoms with Crippen LogP contribution in [0.2, 0.25) is 0 Å². The van der Waals surface area contributed by atoms with Gasteiger partial charge in [-0.15, -0.1) is 0 Å². The second kappa shape index (κ2) is 9.30. The van der Waals surface area contributed by atoms with Crippen LogP contribution in [0, 0.1) is 0 Å². The van der Waals surface area contributed by atoms with E-state index in [2.05, 4.69) is 12.2 Å². The zero-order valence-electron chi connectivity index (χ0n) is 16.3. The minimum atomic E-state index is -3.45. The van der Waals surface area contributed by atoms with Crippen molar-refractivity contribution in [3.63, 3.8) is 0 Å². The Labute approximate surface area is 167 Å². The first-order chi connectivity index (χ1) is 13.5. The fraction of sp³-hybridized carbons (Fsp3) is 0.429. The molecule has 1 fully saturated rings. The van der Waals surface area contributed by atoms with E-state index in [0.717, 1.165) is 32.1 Å². The number of anilines is 1. The van der Waals surface area contributed by atoms with Crippen molar-refractivity contribution in [2.45, 2.75) is 50.5 Å². The average Bonchev–Trinajstić information content (AvgIpc) is 2.71. The second-order valence-electron chi connectivity index (χ2n) is 7.17. The van der Waals surface area contributed by atoms with Crippen molar-refractivity contribution in [3.05, 3.63) is 54.4 Å². The van der Waals surface area contributed by atoms with E-state index in [1.807, 2.05) is 29.1 Å². The minimum Gasteiger partial charge on any atom is -0.321 e. The number of nitrogens with zero attached hydrogens (tertiary/aromatic N) is 2. The van der Waals surface area contributed by atoms with E-state index in [9.17, 15) is 13.2 Å². The molecule has 2 aromatic rings. The normalized spacial score (nSPS) is 15.3. The van der Waals surface area contributed by atoms with Crippen LogP contribution in [0.4, 0.5) is 5.69 Å². The maximum absolute atomic E-state index is 12.7. The Bertz CT molecular complexity index is 887. The Hall–Kier alpha value is -2.25. The van der Waals surface area contributed by atoms with E-state index in [4.69, 9.17) is 0 Å². The standard InChI is InChI=1S/C21H27N3O3S/c1-2-6-18-11-15-23(16-12-18)17-21(25)22-19-7-9-20(10-8-19)28(26,27)24-13-4-3-5-14-24/h7-12,15-16H,2-6,13-14,17H2,1H3/p+1. The highest BCUT2D eigenvalue weighted by atomic mass is 32.2. The summed E-state index contributed by atoms with van der Waals surface area (Å²) in [4.78, 5) is 12.5. The zero-order valence-corrected chi connectivity index (χ0v) is 17.1. The number of pyridine rings is 1. The third kappa shape index (κ3) is 5.17. The molecule has 6 nitrogen and oxygen atoms in total. The number of carbonyl (C=O) groups is 1. The zero-order chi connectivity index (χ0) is 20.0. The van der Waals surface area contributed by atoms with Gasteiger partial charge in [-0.1, -0.05) is 19.8 Å². The maximum atomic E-state index is 12.7.